The maximum absolute atomic E-state index is 3.35. The SMILES string of the molecule is CC#CCNC(C)C(C)(C)C. The Morgan fingerprint density at radius 1 is 1.36 bits per heavy atom. The fraction of sp³-hybridized carbons (Fsp3) is 0.800. The summed E-state index contributed by atoms with van der Waals surface area (Å²) in [4.78, 5) is 0. The van der Waals surface area contributed by atoms with Crippen LogP contribution in [0.25, 0.3) is 0 Å². The fourth-order valence-corrected chi connectivity index (χ4v) is 0.599. The Hall–Kier alpha value is -0.480. The van der Waals surface area contributed by atoms with E-state index in [0.717, 1.165) is 6.54 Å². The molecule has 64 valence electrons. The number of nitrogens with one attached hydrogen (secondary N) is 1. The molecule has 0 saturated carbocycles. The highest BCUT2D eigenvalue weighted by Crippen LogP contribution is 2.17. The molecule has 0 aromatic rings. The van der Waals surface area contributed by atoms with Gasteiger partial charge >= 0.3 is 0 Å². The zero-order chi connectivity index (χ0) is 8.91. The van der Waals surface area contributed by atoms with Crippen LogP contribution in [0.3, 0.4) is 0 Å². The van der Waals surface area contributed by atoms with Crippen LogP contribution in [0.4, 0.5) is 0 Å². The molecule has 0 spiro atoms. The smallest absolute Gasteiger partial charge is 0.0578 e. The van der Waals surface area contributed by atoms with E-state index in [2.05, 4.69) is 44.9 Å². The molecule has 0 aliphatic carbocycles. The van der Waals surface area contributed by atoms with E-state index in [9.17, 15) is 0 Å². The molecule has 0 heterocycles. The van der Waals surface area contributed by atoms with E-state index in [1.165, 1.54) is 0 Å². The van der Waals surface area contributed by atoms with Crippen molar-refractivity contribution in [1.82, 2.24) is 5.32 Å². The maximum atomic E-state index is 3.35. The zero-order valence-corrected chi connectivity index (χ0v) is 8.28. The molecule has 0 fully saturated rings. The van der Waals surface area contributed by atoms with E-state index in [0.29, 0.717) is 11.5 Å². The lowest BCUT2D eigenvalue weighted by atomic mass is 9.88. The molecule has 1 nitrogen and oxygen atoms in total. The van der Waals surface area contributed by atoms with Crippen molar-refractivity contribution in [2.45, 2.75) is 40.7 Å². The van der Waals surface area contributed by atoms with Gasteiger partial charge in [-0.2, -0.15) is 0 Å². The van der Waals surface area contributed by atoms with E-state index < -0.39 is 0 Å². The van der Waals surface area contributed by atoms with Crippen LogP contribution >= 0.6 is 0 Å². The van der Waals surface area contributed by atoms with Gasteiger partial charge in [0.15, 0.2) is 0 Å². The highest BCUT2D eigenvalue weighted by Gasteiger charge is 2.18. The molecule has 0 radical (unpaired) electrons. The third kappa shape index (κ3) is 4.86. The molecule has 0 aliphatic rings. The molecule has 1 heteroatoms. The molecule has 0 aromatic carbocycles. The van der Waals surface area contributed by atoms with Gasteiger partial charge < -0.3 is 5.32 Å². The molecule has 0 amide bonds. The van der Waals surface area contributed by atoms with Crippen LogP contribution in [-0.2, 0) is 0 Å². The molecule has 11 heavy (non-hydrogen) atoms. The fourth-order valence-electron chi connectivity index (χ4n) is 0.599. The third-order valence-electron chi connectivity index (χ3n) is 1.97. The largest absolute Gasteiger partial charge is 0.303 e. The Kier molecular flexibility index (Phi) is 4.22. The van der Waals surface area contributed by atoms with E-state index in [1.807, 2.05) is 6.92 Å². The second-order valence-corrected chi connectivity index (χ2v) is 3.90. The first-order valence-electron chi connectivity index (χ1n) is 4.11. The van der Waals surface area contributed by atoms with Crippen LogP contribution in [0.2, 0.25) is 0 Å². The Balaban J connectivity index is 3.67. The molecule has 1 atom stereocenters. The van der Waals surface area contributed by atoms with Crippen LogP contribution in [0, 0.1) is 17.3 Å². The van der Waals surface area contributed by atoms with Crippen molar-refractivity contribution in [1.29, 1.82) is 0 Å². The lowest BCUT2D eigenvalue weighted by Gasteiger charge is -2.27. The summed E-state index contributed by atoms with van der Waals surface area (Å²) < 4.78 is 0. The van der Waals surface area contributed by atoms with Gasteiger partial charge in [0, 0.05) is 6.04 Å². The summed E-state index contributed by atoms with van der Waals surface area (Å²) in [6.45, 7) is 11.5. The van der Waals surface area contributed by atoms with Gasteiger partial charge in [-0.05, 0) is 19.3 Å². The van der Waals surface area contributed by atoms with Gasteiger partial charge in [0.25, 0.3) is 0 Å². The van der Waals surface area contributed by atoms with Gasteiger partial charge in [0.05, 0.1) is 6.54 Å². The number of hydrogen-bond acceptors (Lipinski definition) is 1. The Morgan fingerprint density at radius 2 is 1.91 bits per heavy atom. The average Bonchev–Trinajstić information content (AvgIpc) is 1.86. The van der Waals surface area contributed by atoms with Crippen molar-refractivity contribution >= 4 is 0 Å². The van der Waals surface area contributed by atoms with E-state index >= 15 is 0 Å². The summed E-state index contributed by atoms with van der Waals surface area (Å²) in [6, 6.07) is 0.517. The topological polar surface area (TPSA) is 12.0 Å². The summed E-state index contributed by atoms with van der Waals surface area (Å²) in [6.07, 6.45) is 0. The summed E-state index contributed by atoms with van der Waals surface area (Å²) in [7, 11) is 0. The number of hydrogen-bond donors (Lipinski definition) is 1. The first-order chi connectivity index (χ1) is 4.98. The van der Waals surface area contributed by atoms with Crippen LogP contribution < -0.4 is 5.32 Å². The highest BCUT2D eigenvalue weighted by molar-refractivity contribution is 4.98. The predicted octanol–water partition coefficient (Wildman–Crippen LogP) is 2.03. The molecular formula is C10H19N. The zero-order valence-electron chi connectivity index (χ0n) is 8.28. The second-order valence-electron chi connectivity index (χ2n) is 3.90. The minimum atomic E-state index is 0.329. The van der Waals surface area contributed by atoms with Crippen LogP contribution in [-0.4, -0.2) is 12.6 Å². The molecular weight excluding hydrogens is 134 g/mol. The molecule has 1 N–H and O–H groups in total. The van der Waals surface area contributed by atoms with Crippen molar-refractivity contribution < 1.29 is 0 Å². The summed E-state index contributed by atoms with van der Waals surface area (Å²) in [5.41, 5.74) is 0.329. The van der Waals surface area contributed by atoms with Crippen molar-refractivity contribution in [2.24, 2.45) is 5.41 Å². The molecule has 0 saturated heterocycles. The Labute approximate surface area is 70.6 Å². The van der Waals surface area contributed by atoms with Crippen LogP contribution in [0.5, 0.6) is 0 Å². The quantitative estimate of drug-likeness (QED) is 0.599. The molecule has 0 aliphatic heterocycles. The molecule has 0 bridgehead atoms. The lowest BCUT2D eigenvalue weighted by Crippen LogP contribution is -2.37. The van der Waals surface area contributed by atoms with Gasteiger partial charge in [-0.1, -0.05) is 26.7 Å². The standard InChI is InChI=1S/C10H19N/c1-6-7-8-11-9(2)10(3,4)5/h9,11H,8H2,1-5H3. The first kappa shape index (κ1) is 10.5. The highest BCUT2D eigenvalue weighted by atomic mass is 14.9. The first-order valence-corrected chi connectivity index (χ1v) is 4.11. The minimum absolute atomic E-state index is 0.329. The average molecular weight is 153 g/mol. The van der Waals surface area contributed by atoms with Gasteiger partial charge in [-0.3, -0.25) is 0 Å². The van der Waals surface area contributed by atoms with Gasteiger partial charge in [0.1, 0.15) is 0 Å². The monoisotopic (exact) mass is 153 g/mol. The van der Waals surface area contributed by atoms with E-state index in [-0.39, 0.29) is 0 Å². The van der Waals surface area contributed by atoms with Crippen molar-refractivity contribution in [3.63, 3.8) is 0 Å². The predicted molar refractivity (Wildman–Crippen MR) is 50.4 cm³/mol. The Morgan fingerprint density at radius 3 is 2.27 bits per heavy atom. The summed E-state index contributed by atoms with van der Waals surface area (Å²) in [5, 5.41) is 3.35. The lowest BCUT2D eigenvalue weighted by molar-refractivity contribution is 0.295. The molecule has 0 aromatic heterocycles. The van der Waals surface area contributed by atoms with Gasteiger partial charge in [-0.15, -0.1) is 5.92 Å². The van der Waals surface area contributed by atoms with E-state index in [1.54, 1.807) is 0 Å². The van der Waals surface area contributed by atoms with Crippen molar-refractivity contribution in [2.75, 3.05) is 6.54 Å². The normalized spacial score (nSPS) is 13.5. The van der Waals surface area contributed by atoms with E-state index in [4.69, 9.17) is 0 Å². The third-order valence-corrected chi connectivity index (χ3v) is 1.97. The summed E-state index contributed by atoms with van der Waals surface area (Å²) >= 11 is 0. The molecule has 0 rings (SSSR count). The number of rotatable bonds is 2. The van der Waals surface area contributed by atoms with Gasteiger partial charge in [0.2, 0.25) is 0 Å². The molecule has 1 unspecified atom stereocenters. The maximum Gasteiger partial charge on any atom is 0.0578 e. The minimum Gasteiger partial charge on any atom is -0.303 e. The van der Waals surface area contributed by atoms with Crippen LogP contribution in [0.15, 0.2) is 0 Å². The van der Waals surface area contributed by atoms with Crippen LogP contribution in [0.1, 0.15) is 34.6 Å². The Bertz CT molecular complexity index is 154. The second kappa shape index (κ2) is 4.41. The van der Waals surface area contributed by atoms with Gasteiger partial charge in [-0.25, -0.2) is 0 Å². The van der Waals surface area contributed by atoms with Crippen molar-refractivity contribution in [3.05, 3.63) is 0 Å². The summed E-state index contributed by atoms with van der Waals surface area (Å²) in [5.74, 6) is 5.85. The van der Waals surface area contributed by atoms with Crippen molar-refractivity contribution in [3.8, 4) is 11.8 Å².